The van der Waals surface area contributed by atoms with Crippen molar-refractivity contribution in [2.24, 2.45) is 7.05 Å². The van der Waals surface area contributed by atoms with Crippen LogP contribution in [0.5, 0.6) is 0 Å². The Balaban J connectivity index is 2.18. The van der Waals surface area contributed by atoms with Crippen LogP contribution in [0, 0.1) is 0 Å². The Bertz CT molecular complexity index is 547. The Morgan fingerprint density at radius 3 is 2.83 bits per heavy atom. The fraction of sp³-hybridized carbons (Fsp3) is 0.231. The van der Waals surface area contributed by atoms with Gasteiger partial charge in [0.25, 0.3) is 5.91 Å². The predicted octanol–water partition coefficient (Wildman–Crippen LogP) is 2.10. The van der Waals surface area contributed by atoms with Gasteiger partial charge in [-0.2, -0.15) is 5.10 Å². The molecule has 0 bridgehead atoms. The summed E-state index contributed by atoms with van der Waals surface area (Å²) in [5.41, 5.74) is 2.15. The minimum Gasteiger partial charge on any atom is -0.385 e. The number of nitrogens with one attached hydrogen (secondary N) is 2. The Hall–Kier alpha value is -2.30. The third-order valence-corrected chi connectivity index (χ3v) is 2.50. The molecule has 94 valence electrons. The second-order valence-electron chi connectivity index (χ2n) is 3.93. The van der Waals surface area contributed by atoms with Crippen LogP contribution in [0.2, 0.25) is 0 Å². The van der Waals surface area contributed by atoms with E-state index in [9.17, 15) is 4.79 Å². The van der Waals surface area contributed by atoms with Crippen LogP contribution < -0.4 is 10.6 Å². The molecule has 0 aliphatic rings. The third-order valence-electron chi connectivity index (χ3n) is 2.50. The lowest BCUT2D eigenvalue weighted by atomic mass is 10.1. The van der Waals surface area contributed by atoms with Crippen molar-refractivity contribution in [3.63, 3.8) is 0 Å². The highest BCUT2D eigenvalue weighted by Crippen LogP contribution is 2.16. The van der Waals surface area contributed by atoms with Crippen molar-refractivity contribution in [1.29, 1.82) is 0 Å². The van der Waals surface area contributed by atoms with E-state index in [1.54, 1.807) is 23.1 Å². The maximum Gasteiger partial charge on any atom is 0.257 e. The van der Waals surface area contributed by atoms with E-state index >= 15 is 0 Å². The average molecular weight is 244 g/mol. The van der Waals surface area contributed by atoms with Gasteiger partial charge in [-0.15, -0.1) is 0 Å². The SMILES string of the molecule is CCNc1ccccc1C(=O)Nc1cnn(C)c1. The molecular formula is C13H16N4O. The van der Waals surface area contributed by atoms with E-state index in [4.69, 9.17) is 0 Å². The molecule has 0 saturated carbocycles. The van der Waals surface area contributed by atoms with Gasteiger partial charge in [0.15, 0.2) is 0 Å². The number of hydrogen-bond acceptors (Lipinski definition) is 3. The topological polar surface area (TPSA) is 59.0 Å². The van der Waals surface area contributed by atoms with Crippen LogP contribution in [0.15, 0.2) is 36.7 Å². The molecule has 1 aromatic heterocycles. The zero-order chi connectivity index (χ0) is 13.0. The van der Waals surface area contributed by atoms with Gasteiger partial charge in [-0.1, -0.05) is 12.1 Å². The van der Waals surface area contributed by atoms with Gasteiger partial charge in [-0.3, -0.25) is 9.48 Å². The Labute approximate surface area is 106 Å². The number of para-hydroxylation sites is 1. The van der Waals surface area contributed by atoms with Crippen molar-refractivity contribution < 1.29 is 4.79 Å². The summed E-state index contributed by atoms with van der Waals surface area (Å²) in [5, 5.41) is 9.99. The summed E-state index contributed by atoms with van der Waals surface area (Å²) in [6, 6.07) is 7.43. The fourth-order valence-corrected chi connectivity index (χ4v) is 1.71. The summed E-state index contributed by atoms with van der Waals surface area (Å²) in [5.74, 6) is -0.139. The zero-order valence-electron chi connectivity index (χ0n) is 10.5. The van der Waals surface area contributed by atoms with Crippen molar-refractivity contribution in [1.82, 2.24) is 9.78 Å². The first-order valence-electron chi connectivity index (χ1n) is 5.83. The number of aryl methyl sites for hydroxylation is 1. The molecule has 0 fully saturated rings. The summed E-state index contributed by atoms with van der Waals surface area (Å²) < 4.78 is 1.64. The number of hydrogen-bond donors (Lipinski definition) is 2. The van der Waals surface area contributed by atoms with E-state index in [-0.39, 0.29) is 5.91 Å². The predicted molar refractivity (Wildman–Crippen MR) is 71.8 cm³/mol. The average Bonchev–Trinajstić information content (AvgIpc) is 2.76. The molecule has 0 spiro atoms. The third kappa shape index (κ3) is 2.68. The number of carbonyl (C=O) groups excluding carboxylic acids is 1. The molecule has 2 aromatic rings. The summed E-state index contributed by atoms with van der Waals surface area (Å²) in [6.07, 6.45) is 3.38. The monoisotopic (exact) mass is 244 g/mol. The molecule has 0 atom stereocenters. The van der Waals surface area contributed by atoms with Gasteiger partial charge in [0.05, 0.1) is 17.4 Å². The number of rotatable bonds is 4. The molecule has 18 heavy (non-hydrogen) atoms. The van der Waals surface area contributed by atoms with Gasteiger partial charge in [-0.25, -0.2) is 0 Å². The zero-order valence-corrected chi connectivity index (χ0v) is 10.5. The first kappa shape index (κ1) is 12.2. The molecule has 0 radical (unpaired) electrons. The minimum atomic E-state index is -0.139. The molecule has 0 saturated heterocycles. The van der Waals surface area contributed by atoms with E-state index in [2.05, 4.69) is 15.7 Å². The van der Waals surface area contributed by atoms with Gasteiger partial charge < -0.3 is 10.6 Å². The number of aromatic nitrogens is 2. The van der Waals surface area contributed by atoms with E-state index in [1.807, 2.05) is 32.2 Å². The van der Waals surface area contributed by atoms with Crippen molar-refractivity contribution in [3.8, 4) is 0 Å². The van der Waals surface area contributed by atoms with Crippen LogP contribution in [-0.2, 0) is 7.05 Å². The molecule has 0 aliphatic carbocycles. The number of amides is 1. The van der Waals surface area contributed by atoms with Crippen LogP contribution in [-0.4, -0.2) is 22.2 Å². The molecule has 2 rings (SSSR count). The van der Waals surface area contributed by atoms with Crippen LogP contribution in [0.25, 0.3) is 0 Å². The molecule has 2 N–H and O–H groups in total. The molecule has 0 aliphatic heterocycles. The van der Waals surface area contributed by atoms with E-state index in [1.165, 1.54) is 0 Å². The lowest BCUT2D eigenvalue weighted by Crippen LogP contribution is -2.14. The Morgan fingerprint density at radius 2 is 2.17 bits per heavy atom. The van der Waals surface area contributed by atoms with Crippen LogP contribution in [0.3, 0.4) is 0 Å². The van der Waals surface area contributed by atoms with Gasteiger partial charge >= 0.3 is 0 Å². The highest BCUT2D eigenvalue weighted by Gasteiger charge is 2.11. The minimum absolute atomic E-state index is 0.139. The molecule has 5 heteroatoms. The van der Waals surface area contributed by atoms with Crippen molar-refractivity contribution >= 4 is 17.3 Å². The summed E-state index contributed by atoms with van der Waals surface area (Å²) in [6.45, 7) is 2.77. The van der Waals surface area contributed by atoms with E-state index < -0.39 is 0 Å². The summed E-state index contributed by atoms with van der Waals surface area (Å²) in [4.78, 5) is 12.1. The molecule has 1 aromatic carbocycles. The standard InChI is InChI=1S/C13H16N4O/c1-3-14-12-7-5-4-6-11(12)13(18)16-10-8-15-17(2)9-10/h4-9,14H,3H2,1-2H3,(H,16,18). The normalized spacial score (nSPS) is 10.1. The number of carbonyl (C=O) groups is 1. The lowest BCUT2D eigenvalue weighted by molar-refractivity contribution is 0.102. The van der Waals surface area contributed by atoms with Crippen molar-refractivity contribution in [2.75, 3.05) is 17.2 Å². The molecule has 1 amide bonds. The quantitative estimate of drug-likeness (QED) is 0.866. The van der Waals surface area contributed by atoms with E-state index in [0.717, 1.165) is 12.2 Å². The van der Waals surface area contributed by atoms with Crippen LogP contribution in [0.4, 0.5) is 11.4 Å². The molecule has 1 heterocycles. The van der Waals surface area contributed by atoms with Crippen LogP contribution in [0.1, 0.15) is 17.3 Å². The maximum absolute atomic E-state index is 12.1. The van der Waals surface area contributed by atoms with Crippen molar-refractivity contribution in [3.05, 3.63) is 42.2 Å². The lowest BCUT2D eigenvalue weighted by Gasteiger charge is -2.09. The smallest absolute Gasteiger partial charge is 0.257 e. The van der Waals surface area contributed by atoms with Gasteiger partial charge in [0.2, 0.25) is 0 Å². The number of benzene rings is 1. The fourth-order valence-electron chi connectivity index (χ4n) is 1.71. The highest BCUT2D eigenvalue weighted by atomic mass is 16.1. The number of anilines is 2. The molecule has 5 nitrogen and oxygen atoms in total. The second kappa shape index (κ2) is 5.35. The first-order valence-corrected chi connectivity index (χ1v) is 5.83. The maximum atomic E-state index is 12.1. The molecule has 0 unspecified atom stereocenters. The van der Waals surface area contributed by atoms with Crippen molar-refractivity contribution in [2.45, 2.75) is 6.92 Å². The largest absolute Gasteiger partial charge is 0.385 e. The Kier molecular flexibility index (Phi) is 3.62. The first-order chi connectivity index (χ1) is 8.70. The van der Waals surface area contributed by atoms with E-state index in [0.29, 0.717) is 11.3 Å². The Morgan fingerprint density at radius 1 is 1.39 bits per heavy atom. The van der Waals surface area contributed by atoms with Gasteiger partial charge in [0.1, 0.15) is 0 Å². The summed E-state index contributed by atoms with van der Waals surface area (Å²) in [7, 11) is 1.81. The molecular weight excluding hydrogens is 228 g/mol. The highest BCUT2D eigenvalue weighted by molar-refractivity contribution is 6.07. The summed E-state index contributed by atoms with van der Waals surface area (Å²) >= 11 is 0. The second-order valence-corrected chi connectivity index (χ2v) is 3.93. The van der Waals surface area contributed by atoms with Crippen LogP contribution >= 0.6 is 0 Å². The van der Waals surface area contributed by atoms with Gasteiger partial charge in [-0.05, 0) is 19.1 Å². The van der Waals surface area contributed by atoms with Gasteiger partial charge in [0, 0.05) is 25.5 Å². The number of nitrogens with zero attached hydrogens (tertiary/aromatic N) is 2.